The van der Waals surface area contributed by atoms with Crippen LogP contribution in [0.25, 0.3) is 11.2 Å². The quantitative estimate of drug-likeness (QED) is 0.884. The maximum Gasteiger partial charge on any atom is 0.178 e. The summed E-state index contributed by atoms with van der Waals surface area (Å²) < 4.78 is 5.26. The Hall–Kier alpha value is -1.42. The number of fused-ring (bicyclic) bond motifs is 1. The van der Waals surface area contributed by atoms with Gasteiger partial charge in [0.1, 0.15) is 5.82 Å². The van der Waals surface area contributed by atoms with Crippen LogP contribution in [0, 0.1) is 6.92 Å². The summed E-state index contributed by atoms with van der Waals surface area (Å²) in [5.41, 5.74) is 4.22. The number of nitrogens with one attached hydrogen (secondary N) is 1. The van der Waals surface area contributed by atoms with Crippen molar-refractivity contribution in [1.82, 2.24) is 15.0 Å². The molecule has 0 amide bonds. The zero-order chi connectivity index (χ0) is 13.1. The fourth-order valence-electron chi connectivity index (χ4n) is 2.02. The molecule has 1 N–H and O–H groups in total. The first kappa shape index (κ1) is 13.0. The minimum atomic E-state index is 0.271. The normalized spacial score (nSPS) is 13.1. The molecule has 98 valence electrons. The first-order valence-corrected chi connectivity index (χ1v) is 6.52. The van der Waals surface area contributed by atoms with Crippen molar-refractivity contribution in [2.75, 3.05) is 7.11 Å². The average Bonchev–Trinajstić information content (AvgIpc) is 2.79. The molecular formula is C14H21N3O. The van der Waals surface area contributed by atoms with Crippen molar-refractivity contribution in [3.05, 3.63) is 23.1 Å². The first-order valence-electron chi connectivity index (χ1n) is 6.52. The second-order valence-corrected chi connectivity index (χ2v) is 4.75. The average molecular weight is 247 g/mol. The summed E-state index contributed by atoms with van der Waals surface area (Å²) >= 11 is 0. The van der Waals surface area contributed by atoms with Crippen molar-refractivity contribution in [3.63, 3.8) is 0 Å². The highest BCUT2D eigenvalue weighted by molar-refractivity contribution is 5.74. The van der Waals surface area contributed by atoms with E-state index < -0.39 is 0 Å². The lowest BCUT2D eigenvalue weighted by Crippen LogP contribution is -2.06. The van der Waals surface area contributed by atoms with Gasteiger partial charge in [-0.3, -0.25) is 0 Å². The summed E-state index contributed by atoms with van der Waals surface area (Å²) in [7, 11) is 1.74. The fourth-order valence-corrected chi connectivity index (χ4v) is 2.02. The highest BCUT2D eigenvalue weighted by Gasteiger charge is 2.09. The molecule has 0 saturated heterocycles. The number of aromatic amines is 1. The van der Waals surface area contributed by atoms with Crippen molar-refractivity contribution in [1.29, 1.82) is 0 Å². The minimum absolute atomic E-state index is 0.271. The minimum Gasteiger partial charge on any atom is -0.382 e. The third kappa shape index (κ3) is 2.70. The van der Waals surface area contributed by atoms with Crippen LogP contribution in [0.2, 0.25) is 0 Å². The van der Waals surface area contributed by atoms with Gasteiger partial charge in [-0.15, -0.1) is 0 Å². The summed E-state index contributed by atoms with van der Waals surface area (Å²) in [6.07, 6.45) is 3.10. The van der Waals surface area contributed by atoms with Crippen molar-refractivity contribution >= 4 is 11.2 Å². The predicted molar refractivity (Wildman–Crippen MR) is 72.8 cm³/mol. The van der Waals surface area contributed by atoms with Crippen molar-refractivity contribution in [2.24, 2.45) is 0 Å². The molecular weight excluding hydrogens is 226 g/mol. The number of H-pyrrole nitrogens is 1. The van der Waals surface area contributed by atoms with Crippen LogP contribution in [0.1, 0.15) is 37.4 Å². The first-order chi connectivity index (χ1) is 8.63. The lowest BCUT2D eigenvalue weighted by atomic mass is 10.1. The summed E-state index contributed by atoms with van der Waals surface area (Å²) in [4.78, 5) is 12.4. The monoisotopic (exact) mass is 247 g/mol. The van der Waals surface area contributed by atoms with E-state index in [-0.39, 0.29) is 6.10 Å². The molecule has 1 unspecified atom stereocenters. The SMILES string of the molecule is CCc1nc2nc(CCC(C)OC)cc(C)c2[nH]1. The molecule has 0 saturated carbocycles. The van der Waals surface area contributed by atoms with E-state index in [0.717, 1.165) is 41.9 Å². The molecule has 4 nitrogen and oxygen atoms in total. The molecule has 0 aromatic carbocycles. The summed E-state index contributed by atoms with van der Waals surface area (Å²) in [5.74, 6) is 1.00. The van der Waals surface area contributed by atoms with Crippen molar-refractivity contribution in [3.8, 4) is 0 Å². The van der Waals surface area contributed by atoms with Crippen LogP contribution in [0.3, 0.4) is 0 Å². The van der Waals surface area contributed by atoms with Gasteiger partial charge >= 0.3 is 0 Å². The zero-order valence-corrected chi connectivity index (χ0v) is 11.6. The number of aromatic nitrogens is 3. The molecule has 2 aromatic rings. The van der Waals surface area contributed by atoms with E-state index in [4.69, 9.17) is 4.74 Å². The summed E-state index contributed by atoms with van der Waals surface area (Å²) in [6, 6.07) is 2.14. The number of imidazole rings is 1. The topological polar surface area (TPSA) is 50.8 Å². The van der Waals surface area contributed by atoms with E-state index in [1.54, 1.807) is 7.11 Å². The molecule has 0 aliphatic heterocycles. The van der Waals surface area contributed by atoms with Crippen LogP contribution in [-0.4, -0.2) is 28.2 Å². The van der Waals surface area contributed by atoms with Gasteiger partial charge in [-0.25, -0.2) is 9.97 Å². The second-order valence-electron chi connectivity index (χ2n) is 4.75. The fraction of sp³-hybridized carbons (Fsp3) is 0.571. The highest BCUT2D eigenvalue weighted by atomic mass is 16.5. The number of nitrogens with zero attached hydrogens (tertiary/aromatic N) is 2. The van der Waals surface area contributed by atoms with Crippen molar-refractivity contribution < 1.29 is 4.74 Å². The van der Waals surface area contributed by atoms with E-state index in [2.05, 4.69) is 41.8 Å². The molecule has 2 rings (SSSR count). The predicted octanol–water partition coefficient (Wildman–Crippen LogP) is 2.80. The van der Waals surface area contributed by atoms with Crippen LogP contribution in [0.4, 0.5) is 0 Å². The molecule has 1 atom stereocenters. The second kappa shape index (κ2) is 5.48. The third-order valence-electron chi connectivity index (χ3n) is 3.30. The molecule has 18 heavy (non-hydrogen) atoms. The Balaban J connectivity index is 2.24. The maximum atomic E-state index is 5.26. The van der Waals surface area contributed by atoms with Crippen LogP contribution in [0.5, 0.6) is 0 Å². The third-order valence-corrected chi connectivity index (χ3v) is 3.30. The number of rotatable bonds is 5. The van der Waals surface area contributed by atoms with Crippen LogP contribution in [-0.2, 0) is 17.6 Å². The van der Waals surface area contributed by atoms with Crippen LogP contribution < -0.4 is 0 Å². The molecule has 2 aromatic heterocycles. The Bertz CT molecular complexity index is 533. The largest absolute Gasteiger partial charge is 0.382 e. The Morgan fingerprint density at radius 2 is 2.17 bits per heavy atom. The Morgan fingerprint density at radius 3 is 2.83 bits per heavy atom. The number of methoxy groups -OCH3 is 1. The molecule has 0 fully saturated rings. The van der Waals surface area contributed by atoms with E-state index in [9.17, 15) is 0 Å². The molecule has 0 aliphatic carbocycles. The lowest BCUT2D eigenvalue weighted by Gasteiger charge is -2.08. The van der Waals surface area contributed by atoms with Gasteiger partial charge in [0.15, 0.2) is 5.65 Å². The number of aryl methyl sites for hydroxylation is 3. The molecule has 2 heterocycles. The van der Waals surface area contributed by atoms with Gasteiger partial charge in [-0.2, -0.15) is 0 Å². The maximum absolute atomic E-state index is 5.26. The summed E-state index contributed by atoms with van der Waals surface area (Å²) in [6.45, 7) is 6.27. The molecule has 0 aliphatic rings. The van der Waals surface area contributed by atoms with Gasteiger partial charge in [0, 0.05) is 19.2 Å². The van der Waals surface area contributed by atoms with Crippen LogP contribution >= 0.6 is 0 Å². The van der Waals surface area contributed by atoms with Gasteiger partial charge in [0.25, 0.3) is 0 Å². The van der Waals surface area contributed by atoms with Gasteiger partial charge in [-0.1, -0.05) is 6.92 Å². The molecule has 0 spiro atoms. The van der Waals surface area contributed by atoms with E-state index in [1.807, 2.05) is 0 Å². The number of hydrogen-bond acceptors (Lipinski definition) is 3. The summed E-state index contributed by atoms with van der Waals surface area (Å²) in [5, 5.41) is 0. The van der Waals surface area contributed by atoms with Gasteiger partial charge < -0.3 is 9.72 Å². The van der Waals surface area contributed by atoms with Crippen molar-refractivity contribution in [2.45, 2.75) is 46.1 Å². The van der Waals surface area contributed by atoms with Crippen LogP contribution in [0.15, 0.2) is 6.07 Å². The molecule has 4 heteroatoms. The molecule has 0 bridgehead atoms. The van der Waals surface area contributed by atoms with Gasteiger partial charge in [0.2, 0.25) is 0 Å². The number of hydrogen-bond donors (Lipinski definition) is 1. The smallest absolute Gasteiger partial charge is 0.178 e. The number of pyridine rings is 1. The van der Waals surface area contributed by atoms with E-state index >= 15 is 0 Å². The highest BCUT2D eigenvalue weighted by Crippen LogP contribution is 2.17. The Morgan fingerprint density at radius 1 is 1.39 bits per heavy atom. The van der Waals surface area contributed by atoms with E-state index in [1.165, 1.54) is 5.56 Å². The van der Waals surface area contributed by atoms with Gasteiger partial charge in [-0.05, 0) is 38.3 Å². The standard InChI is InChI=1S/C14H21N3O/c1-5-12-16-13-9(2)8-11(15-14(13)17-12)7-6-10(3)18-4/h8,10H,5-7H2,1-4H3,(H,15,16,17). The zero-order valence-electron chi connectivity index (χ0n) is 11.6. The molecule has 0 radical (unpaired) electrons. The lowest BCUT2D eigenvalue weighted by molar-refractivity contribution is 0.111. The Labute approximate surface area is 108 Å². The number of ether oxygens (including phenoxy) is 1. The Kier molecular flexibility index (Phi) is 3.97. The van der Waals surface area contributed by atoms with Gasteiger partial charge in [0.05, 0.1) is 11.6 Å². The van der Waals surface area contributed by atoms with E-state index in [0.29, 0.717) is 0 Å².